The second-order valence-corrected chi connectivity index (χ2v) is 13.9. The Morgan fingerprint density at radius 2 is 1.48 bits per heavy atom. The van der Waals surface area contributed by atoms with Crippen molar-refractivity contribution in [2.75, 3.05) is 50.9 Å². The Morgan fingerprint density at radius 1 is 0.825 bits per heavy atom. The van der Waals surface area contributed by atoms with Crippen LogP contribution in [0, 0.1) is 0 Å². The van der Waals surface area contributed by atoms with E-state index in [9.17, 15) is 21.6 Å². The average Bonchev–Trinajstić information content (AvgIpc) is 3.21. The first-order valence-electron chi connectivity index (χ1n) is 13.2. The molecule has 0 aliphatic carbocycles. The van der Waals surface area contributed by atoms with Gasteiger partial charge in [0.15, 0.2) is 9.84 Å². The molecule has 0 saturated carbocycles. The van der Waals surface area contributed by atoms with Gasteiger partial charge in [-0.15, -0.1) is 0 Å². The van der Waals surface area contributed by atoms with Crippen molar-refractivity contribution in [3.63, 3.8) is 0 Å². The Kier molecular flexibility index (Phi) is 9.57. The van der Waals surface area contributed by atoms with Crippen molar-refractivity contribution in [2.45, 2.75) is 22.6 Å². The van der Waals surface area contributed by atoms with E-state index in [1.54, 1.807) is 53.8 Å². The molecular formula is C30H35N3O5S2. The molecule has 212 valence electrons. The molecule has 0 spiro atoms. The first-order valence-corrected chi connectivity index (χ1v) is 16.5. The molecule has 10 heteroatoms. The lowest BCUT2D eigenvalue weighted by Gasteiger charge is -2.22. The molecule has 1 aliphatic rings. The number of sulfonamides is 1. The van der Waals surface area contributed by atoms with Crippen molar-refractivity contribution in [1.82, 2.24) is 9.21 Å². The third-order valence-electron chi connectivity index (χ3n) is 7.03. The maximum absolute atomic E-state index is 13.4. The predicted molar refractivity (Wildman–Crippen MR) is 158 cm³/mol. The van der Waals surface area contributed by atoms with E-state index in [4.69, 9.17) is 0 Å². The topological polar surface area (TPSA) is 95.1 Å². The molecule has 1 amide bonds. The number of hydrogen-bond donors (Lipinski definition) is 0. The van der Waals surface area contributed by atoms with Crippen molar-refractivity contribution in [3.05, 3.63) is 96.1 Å². The maximum atomic E-state index is 13.4. The van der Waals surface area contributed by atoms with Crippen LogP contribution in [0.4, 0.5) is 5.69 Å². The molecule has 40 heavy (non-hydrogen) atoms. The van der Waals surface area contributed by atoms with Crippen molar-refractivity contribution in [3.8, 4) is 0 Å². The van der Waals surface area contributed by atoms with Gasteiger partial charge in [-0.25, -0.2) is 16.8 Å². The Balaban J connectivity index is 1.34. The third kappa shape index (κ3) is 7.66. The predicted octanol–water partition coefficient (Wildman–Crippen LogP) is 3.71. The summed E-state index contributed by atoms with van der Waals surface area (Å²) in [5.74, 6) is -0.300. The summed E-state index contributed by atoms with van der Waals surface area (Å²) < 4.78 is 51.5. The van der Waals surface area contributed by atoms with E-state index in [0.29, 0.717) is 30.9 Å². The van der Waals surface area contributed by atoms with E-state index < -0.39 is 19.9 Å². The largest absolute Gasteiger partial charge is 0.312 e. The summed E-state index contributed by atoms with van der Waals surface area (Å²) >= 11 is 0. The number of sulfone groups is 1. The van der Waals surface area contributed by atoms with Gasteiger partial charge in [0, 0.05) is 51.2 Å². The van der Waals surface area contributed by atoms with Crippen LogP contribution in [0.15, 0.2) is 94.7 Å². The summed E-state index contributed by atoms with van der Waals surface area (Å²) in [5, 5.41) is 0. The van der Waals surface area contributed by atoms with E-state index in [1.807, 2.05) is 18.2 Å². The zero-order valence-corrected chi connectivity index (χ0v) is 24.4. The monoisotopic (exact) mass is 581 g/mol. The minimum atomic E-state index is -3.65. The fourth-order valence-electron chi connectivity index (χ4n) is 4.57. The molecule has 8 nitrogen and oxygen atoms in total. The van der Waals surface area contributed by atoms with Gasteiger partial charge in [0.25, 0.3) is 5.91 Å². The first kappa shape index (κ1) is 29.7. The summed E-state index contributed by atoms with van der Waals surface area (Å²) in [7, 11) is -5.33. The average molecular weight is 582 g/mol. The van der Waals surface area contributed by atoms with E-state index in [-0.39, 0.29) is 15.7 Å². The van der Waals surface area contributed by atoms with Crippen LogP contribution < -0.4 is 4.90 Å². The highest BCUT2D eigenvalue weighted by Gasteiger charge is 2.27. The van der Waals surface area contributed by atoms with Gasteiger partial charge in [0.05, 0.1) is 9.79 Å². The van der Waals surface area contributed by atoms with Crippen molar-refractivity contribution < 1.29 is 21.6 Å². The molecule has 0 unspecified atom stereocenters. The number of amides is 1. The van der Waals surface area contributed by atoms with E-state index >= 15 is 0 Å². The van der Waals surface area contributed by atoms with Crippen molar-refractivity contribution >= 4 is 37.5 Å². The Bertz CT molecular complexity index is 1540. The molecule has 0 aromatic heterocycles. The molecule has 1 heterocycles. The first-order chi connectivity index (χ1) is 19.0. The SMILES string of the molecule is CN(C(=O)/C=C/c1ccc(S(C)(=O)=O)cc1)c1ccc(S(=O)(=O)N2CCCN(CCc3ccccc3)CC2)cc1. The molecule has 1 fully saturated rings. The molecule has 3 aromatic rings. The normalized spacial score (nSPS) is 15.7. The second-order valence-electron chi connectivity index (χ2n) is 9.90. The Labute approximate surface area is 237 Å². The zero-order chi connectivity index (χ0) is 28.8. The quantitative estimate of drug-likeness (QED) is 0.358. The molecule has 0 radical (unpaired) electrons. The van der Waals surface area contributed by atoms with Gasteiger partial charge in [0.2, 0.25) is 10.0 Å². The van der Waals surface area contributed by atoms with Crippen LogP contribution in [-0.2, 0) is 31.1 Å². The number of likely N-dealkylation sites (N-methyl/N-ethyl adjacent to an activating group) is 1. The summed E-state index contributed by atoms with van der Waals surface area (Å²) in [6.07, 6.45) is 5.84. The number of carbonyl (C=O) groups is 1. The molecule has 0 atom stereocenters. The number of hydrogen-bond acceptors (Lipinski definition) is 6. The summed E-state index contributed by atoms with van der Waals surface area (Å²) in [6, 6.07) is 22.9. The lowest BCUT2D eigenvalue weighted by atomic mass is 10.1. The highest BCUT2D eigenvalue weighted by atomic mass is 32.2. The van der Waals surface area contributed by atoms with Gasteiger partial charge >= 0.3 is 0 Å². The fourth-order valence-corrected chi connectivity index (χ4v) is 6.67. The summed E-state index contributed by atoms with van der Waals surface area (Å²) in [6.45, 7) is 3.35. The van der Waals surface area contributed by atoms with Crippen molar-refractivity contribution in [2.24, 2.45) is 0 Å². The molecule has 3 aromatic carbocycles. The van der Waals surface area contributed by atoms with Crippen molar-refractivity contribution in [1.29, 1.82) is 0 Å². The van der Waals surface area contributed by atoms with Crippen LogP contribution in [0.5, 0.6) is 0 Å². The Hall–Kier alpha value is -3.31. The van der Waals surface area contributed by atoms with Crippen LogP contribution in [0.1, 0.15) is 17.5 Å². The van der Waals surface area contributed by atoms with Gasteiger partial charge in [-0.1, -0.05) is 42.5 Å². The van der Waals surface area contributed by atoms with Gasteiger partial charge in [0.1, 0.15) is 0 Å². The van der Waals surface area contributed by atoms with Crippen LogP contribution >= 0.6 is 0 Å². The fraction of sp³-hybridized carbons (Fsp3) is 0.300. The van der Waals surface area contributed by atoms with Crippen LogP contribution in [0.3, 0.4) is 0 Å². The van der Waals surface area contributed by atoms with Gasteiger partial charge in [-0.05, 0) is 73.0 Å². The number of nitrogens with zero attached hydrogens (tertiary/aromatic N) is 3. The lowest BCUT2D eigenvalue weighted by molar-refractivity contribution is -0.113. The van der Waals surface area contributed by atoms with Crippen LogP contribution in [-0.4, -0.2) is 78.0 Å². The van der Waals surface area contributed by atoms with Crippen LogP contribution in [0.2, 0.25) is 0 Å². The number of carbonyl (C=O) groups excluding carboxylic acids is 1. The minimum absolute atomic E-state index is 0.205. The standard InChI is InChI=1S/C30H35N3O5S2/c1-31(30(34)18-11-26-9-14-28(15-10-26)39(2,35)36)27-12-16-29(17-13-27)40(37,38)33-21-6-20-32(23-24-33)22-19-25-7-4-3-5-8-25/h3-5,7-18H,6,19-24H2,1-2H3/b18-11+. The van der Waals surface area contributed by atoms with Gasteiger partial charge in [-0.2, -0.15) is 4.31 Å². The number of rotatable bonds is 9. The molecule has 0 bridgehead atoms. The number of anilines is 1. The van der Waals surface area contributed by atoms with Crippen LogP contribution in [0.25, 0.3) is 6.08 Å². The highest BCUT2D eigenvalue weighted by molar-refractivity contribution is 7.90. The third-order valence-corrected chi connectivity index (χ3v) is 10.1. The zero-order valence-electron chi connectivity index (χ0n) is 22.8. The van der Waals surface area contributed by atoms with E-state index in [2.05, 4.69) is 17.0 Å². The highest BCUT2D eigenvalue weighted by Crippen LogP contribution is 2.22. The van der Waals surface area contributed by atoms with Gasteiger partial charge in [-0.3, -0.25) is 4.79 Å². The smallest absolute Gasteiger partial charge is 0.250 e. The number of benzene rings is 3. The molecule has 1 aliphatic heterocycles. The second kappa shape index (κ2) is 12.9. The summed E-state index contributed by atoms with van der Waals surface area (Å²) in [4.78, 5) is 16.9. The minimum Gasteiger partial charge on any atom is -0.312 e. The summed E-state index contributed by atoms with van der Waals surface area (Å²) in [5.41, 5.74) is 2.52. The van der Waals surface area contributed by atoms with E-state index in [1.165, 1.54) is 28.7 Å². The molecular weight excluding hydrogens is 546 g/mol. The van der Waals surface area contributed by atoms with E-state index in [0.717, 1.165) is 32.2 Å². The lowest BCUT2D eigenvalue weighted by Crippen LogP contribution is -2.35. The maximum Gasteiger partial charge on any atom is 0.250 e. The molecule has 1 saturated heterocycles. The molecule has 0 N–H and O–H groups in total. The van der Waals surface area contributed by atoms with Gasteiger partial charge < -0.3 is 9.80 Å². The molecule has 4 rings (SSSR count). The Morgan fingerprint density at radius 3 is 2.12 bits per heavy atom.